The zero-order valence-electron chi connectivity index (χ0n) is 10.2. The van der Waals surface area contributed by atoms with E-state index in [1.165, 1.54) is 0 Å². The van der Waals surface area contributed by atoms with Crippen LogP contribution in [-0.4, -0.2) is 28.2 Å². The molecule has 2 saturated carbocycles. The van der Waals surface area contributed by atoms with Gasteiger partial charge in [-0.05, 0) is 39.0 Å². The first-order chi connectivity index (χ1) is 7.96. The van der Waals surface area contributed by atoms with Gasteiger partial charge in [-0.25, -0.2) is 9.59 Å². The zero-order valence-corrected chi connectivity index (χ0v) is 10.2. The van der Waals surface area contributed by atoms with Crippen molar-refractivity contribution in [2.75, 3.05) is 0 Å². The Morgan fingerprint density at radius 3 is 2.00 bits per heavy atom. The first kappa shape index (κ1) is 12.2. The number of carbonyl (C=O) groups is 2. The Kier molecular flexibility index (Phi) is 3.02. The van der Waals surface area contributed by atoms with Crippen molar-refractivity contribution in [2.24, 2.45) is 0 Å². The molecule has 0 heterocycles. The molecule has 2 aliphatic rings. The van der Waals surface area contributed by atoms with Crippen LogP contribution in [0.15, 0.2) is 0 Å². The minimum absolute atomic E-state index is 0.159. The van der Waals surface area contributed by atoms with Crippen molar-refractivity contribution in [1.82, 2.24) is 10.6 Å². The zero-order chi connectivity index (χ0) is 12.5. The van der Waals surface area contributed by atoms with Crippen LogP contribution in [-0.2, 0) is 4.79 Å². The molecule has 17 heavy (non-hydrogen) atoms. The molecule has 0 radical (unpaired) electrons. The summed E-state index contributed by atoms with van der Waals surface area (Å²) in [5.74, 6) is -0.921. The van der Waals surface area contributed by atoms with E-state index in [1.807, 2.05) is 6.92 Å². The summed E-state index contributed by atoms with van der Waals surface area (Å²) in [7, 11) is 0. The van der Waals surface area contributed by atoms with Crippen LogP contribution in [0.1, 0.15) is 51.9 Å². The highest BCUT2D eigenvalue weighted by molar-refractivity contribution is 5.87. The highest BCUT2D eigenvalue weighted by Crippen LogP contribution is 2.33. The number of hydrogen-bond donors (Lipinski definition) is 3. The van der Waals surface area contributed by atoms with Gasteiger partial charge in [0.25, 0.3) is 0 Å². The van der Waals surface area contributed by atoms with Crippen LogP contribution in [0, 0.1) is 0 Å². The quantitative estimate of drug-likeness (QED) is 0.701. The first-order valence-electron chi connectivity index (χ1n) is 6.30. The van der Waals surface area contributed by atoms with Gasteiger partial charge in [-0.1, -0.05) is 12.8 Å². The molecule has 0 spiro atoms. The van der Waals surface area contributed by atoms with Gasteiger partial charge in [0.2, 0.25) is 0 Å². The third-order valence-electron chi connectivity index (χ3n) is 4.09. The van der Waals surface area contributed by atoms with E-state index in [1.54, 1.807) is 0 Å². The molecule has 3 N–H and O–H groups in total. The van der Waals surface area contributed by atoms with Gasteiger partial charge < -0.3 is 15.7 Å². The summed E-state index contributed by atoms with van der Waals surface area (Å²) >= 11 is 0. The molecule has 0 aromatic carbocycles. The second kappa shape index (κ2) is 4.20. The number of carboxylic acids is 1. The summed E-state index contributed by atoms with van der Waals surface area (Å²) in [6, 6.07) is -0.337. The van der Waals surface area contributed by atoms with Gasteiger partial charge in [-0.3, -0.25) is 0 Å². The molecule has 0 aromatic rings. The standard InChI is InChI=1S/C12H20N2O3/c1-11(5-2-3-6-11)13-10(17)14-12(9(15)16)7-4-8-12/h2-8H2,1H3,(H,15,16)(H2,13,14,17). The van der Waals surface area contributed by atoms with Crippen molar-refractivity contribution in [3.05, 3.63) is 0 Å². The van der Waals surface area contributed by atoms with Crippen molar-refractivity contribution in [2.45, 2.75) is 62.9 Å². The summed E-state index contributed by atoms with van der Waals surface area (Å²) < 4.78 is 0. The molecule has 5 heteroatoms. The van der Waals surface area contributed by atoms with Crippen LogP contribution in [0.3, 0.4) is 0 Å². The second-order valence-electron chi connectivity index (χ2n) is 5.59. The largest absolute Gasteiger partial charge is 0.480 e. The predicted octanol–water partition coefficient (Wildman–Crippen LogP) is 1.63. The van der Waals surface area contributed by atoms with Crippen LogP contribution in [0.25, 0.3) is 0 Å². The van der Waals surface area contributed by atoms with E-state index in [0.29, 0.717) is 12.8 Å². The number of amides is 2. The van der Waals surface area contributed by atoms with Gasteiger partial charge in [-0.15, -0.1) is 0 Å². The fraction of sp³-hybridized carbons (Fsp3) is 0.833. The predicted molar refractivity (Wildman–Crippen MR) is 62.8 cm³/mol. The lowest BCUT2D eigenvalue weighted by molar-refractivity contribution is -0.148. The molecule has 0 unspecified atom stereocenters. The van der Waals surface area contributed by atoms with Gasteiger partial charge in [0.1, 0.15) is 5.54 Å². The number of nitrogens with one attached hydrogen (secondary N) is 2. The molecule has 0 atom stereocenters. The molecule has 5 nitrogen and oxygen atoms in total. The number of aliphatic carboxylic acids is 1. The lowest BCUT2D eigenvalue weighted by atomic mass is 9.77. The van der Waals surface area contributed by atoms with E-state index in [2.05, 4.69) is 10.6 Å². The average Bonchev–Trinajstić information content (AvgIpc) is 2.57. The molecule has 2 aliphatic carbocycles. The maximum absolute atomic E-state index is 11.8. The van der Waals surface area contributed by atoms with Crippen LogP contribution in [0.2, 0.25) is 0 Å². The van der Waals surface area contributed by atoms with Crippen molar-refractivity contribution < 1.29 is 14.7 Å². The summed E-state index contributed by atoms with van der Waals surface area (Å²) in [6.45, 7) is 2.02. The average molecular weight is 240 g/mol. The molecule has 0 saturated heterocycles. The first-order valence-corrected chi connectivity index (χ1v) is 6.30. The molecule has 2 rings (SSSR count). The number of carbonyl (C=O) groups excluding carboxylic acids is 1. The molecular formula is C12H20N2O3. The Hall–Kier alpha value is -1.26. The summed E-state index contributed by atoms with van der Waals surface area (Å²) in [5.41, 5.74) is -1.17. The third-order valence-corrected chi connectivity index (χ3v) is 4.09. The van der Waals surface area contributed by atoms with Crippen LogP contribution in [0.5, 0.6) is 0 Å². The SMILES string of the molecule is CC1(NC(=O)NC2(C(=O)O)CCC2)CCCC1. The minimum Gasteiger partial charge on any atom is -0.480 e. The van der Waals surface area contributed by atoms with E-state index < -0.39 is 11.5 Å². The molecular weight excluding hydrogens is 220 g/mol. The Labute approximate surface area is 101 Å². The highest BCUT2D eigenvalue weighted by atomic mass is 16.4. The number of hydrogen-bond acceptors (Lipinski definition) is 2. The molecule has 2 fully saturated rings. The van der Waals surface area contributed by atoms with E-state index in [0.717, 1.165) is 32.1 Å². The van der Waals surface area contributed by atoms with E-state index in [9.17, 15) is 9.59 Å². The normalized spacial score (nSPS) is 24.8. The Bertz CT molecular complexity index is 331. The van der Waals surface area contributed by atoms with Gasteiger partial charge >= 0.3 is 12.0 Å². The van der Waals surface area contributed by atoms with E-state index in [-0.39, 0.29) is 11.6 Å². The second-order valence-corrected chi connectivity index (χ2v) is 5.59. The molecule has 0 aliphatic heterocycles. The van der Waals surface area contributed by atoms with Crippen molar-refractivity contribution >= 4 is 12.0 Å². The minimum atomic E-state index is -1.01. The molecule has 96 valence electrons. The smallest absolute Gasteiger partial charge is 0.329 e. The Morgan fingerprint density at radius 1 is 1.00 bits per heavy atom. The van der Waals surface area contributed by atoms with Crippen LogP contribution in [0.4, 0.5) is 4.79 Å². The maximum atomic E-state index is 11.8. The fourth-order valence-corrected chi connectivity index (χ4v) is 2.73. The summed E-state index contributed by atoms with van der Waals surface area (Å²) in [6.07, 6.45) is 6.13. The summed E-state index contributed by atoms with van der Waals surface area (Å²) in [4.78, 5) is 22.9. The van der Waals surface area contributed by atoms with Crippen molar-refractivity contribution in [3.8, 4) is 0 Å². The van der Waals surface area contributed by atoms with Gasteiger partial charge in [0, 0.05) is 5.54 Å². The molecule has 2 amide bonds. The monoisotopic (exact) mass is 240 g/mol. The number of urea groups is 1. The topological polar surface area (TPSA) is 78.4 Å². The van der Waals surface area contributed by atoms with Gasteiger partial charge in [-0.2, -0.15) is 0 Å². The summed E-state index contributed by atoms with van der Waals surface area (Å²) in [5, 5.41) is 14.7. The van der Waals surface area contributed by atoms with Crippen molar-refractivity contribution in [1.29, 1.82) is 0 Å². The highest BCUT2D eigenvalue weighted by Gasteiger charge is 2.46. The molecule has 0 bridgehead atoms. The number of carboxylic acid groups (broad SMARTS) is 1. The lowest BCUT2D eigenvalue weighted by Gasteiger charge is -2.39. The van der Waals surface area contributed by atoms with E-state index >= 15 is 0 Å². The molecule has 0 aromatic heterocycles. The van der Waals surface area contributed by atoms with Gasteiger partial charge in [0.05, 0.1) is 0 Å². The maximum Gasteiger partial charge on any atom is 0.329 e. The lowest BCUT2D eigenvalue weighted by Crippen LogP contribution is -2.63. The van der Waals surface area contributed by atoms with Crippen LogP contribution < -0.4 is 10.6 Å². The fourth-order valence-electron chi connectivity index (χ4n) is 2.73. The Balaban J connectivity index is 1.90. The van der Waals surface area contributed by atoms with E-state index in [4.69, 9.17) is 5.11 Å². The van der Waals surface area contributed by atoms with Gasteiger partial charge in [0.15, 0.2) is 0 Å². The number of rotatable bonds is 3. The Morgan fingerprint density at radius 2 is 1.59 bits per heavy atom. The van der Waals surface area contributed by atoms with Crippen molar-refractivity contribution in [3.63, 3.8) is 0 Å². The van der Waals surface area contributed by atoms with Crippen LogP contribution >= 0.6 is 0 Å². The third kappa shape index (κ3) is 2.37.